The van der Waals surface area contributed by atoms with Gasteiger partial charge in [-0.3, -0.25) is 4.79 Å². The summed E-state index contributed by atoms with van der Waals surface area (Å²) in [6.45, 7) is 20.2. The summed E-state index contributed by atoms with van der Waals surface area (Å²) in [4.78, 5) is 27.9. The van der Waals surface area contributed by atoms with Gasteiger partial charge in [0.1, 0.15) is 40.2 Å². The van der Waals surface area contributed by atoms with Gasteiger partial charge >= 0.3 is 5.97 Å². The highest BCUT2D eigenvalue weighted by atomic mass is 16.5. The first kappa shape index (κ1) is 106. The van der Waals surface area contributed by atoms with Gasteiger partial charge in [0.15, 0.2) is 0 Å². The van der Waals surface area contributed by atoms with Crippen LogP contribution in [0.5, 0.6) is 40.2 Å². The first-order valence-electron chi connectivity index (χ1n) is 54.0. The van der Waals surface area contributed by atoms with Crippen molar-refractivity contribution in [1.82, 2.24) is 19.9 Å². The van der Waals surface area contributed by atoms with Gasteiger partial charge in [-0.1, -0.05) is 375 Å². The first-order valence-corrected chi connectivity index (χ1v) is 54.0. The number of esters is 1. The molecular weight excluding hydrogens is 1620 g/mol. The fourth-order valence-electron chi connectivity index (χ4n) is 18.5. The summed E-state index contributed by atoms with van der Waals surface area (Å²) < 4.78 is 53.5. The van der Waals surface area contributed by atoms with Crippen LogP contribution in [0.25, 0.3) is 22.3 Å². The van der Waals surface area contributed by atoms with Crippen LogP contribution in [0.2, 0.25) is 0 Å². The summed E-state index contributed by atoms with van der Waals surface area (Å²) in [6, 6.07) is 46.8. The van der Waals surface area contributed by atoms with Crippen LogP contribution in [-0.2, 0) is 9.53 Å². The molecule has 0 saturated heterocycles. The van der Waals surface area contributed by atoms with Crippen molar-refractivity contribution in [2.24, 2.45) is 0 Å². The number of carbonyl (C=O) groups is 1. The number of fused-ring (bicyclic) bond motifs is 8. The minimum atomic E-state index is -0.187. The van der Waals surface area contributed by atoms with Crippen molar-refractivity contribution in [3.8, 4) is 40.2 Å². The molecule has 724 valence electrons. The molecule has 4 aromatic heterocycles. The summed E-state index contributed by atoms with van der Waals surface area (Å²) in [5.41, 5.74) is 11.8. The van der Waals surface area contributed by atoms with Crippen molar-refractivity contribution in [3.05, 3.63) is 194 Å². The molecule has 0 aliphatic carbocycles. The van der Waals surface area contributed by atoms with E-state index in [4.69, 9.17) is 37.9 Å². The highest BCUT2D eigenvalue weighted by molar-refractivity contribution is 5.86. The molecule has 13 heteroatoms. The predicted octanol–water partition coefficient (Wildman–Crippen LogP) is 31.3. The van der Waals surface area contributed by atoms with Gasteiger partial charge in [-0.25, -0.2) is 0 Å². The van der Waals surface area contributed by atoms with Gasteiger partial charge in [-0.15, -0.1) is 0 Å². The van der Waals surface area contributed by atoms with E-state index >= 15 is 0 Å². The van der Waals surface area contributed by atoms with Crippen LogP contribution >= 0.6 is 0 Å². The number of ether oxygens (including phenoxy) is 8. The average molecular weight is 1800 g/mol. The zero-order valence-corrected chi connectivity index (χ0v) is 83.5. The van der Waals surface area contributed by atoms with Crippen molar-refractivity contribution in [3.63, 3.8) is 0 Å². The third-order valence-corrected chi connectivity index (χ3v) is 26.3. The maximum atomic E-state index is 11.2. The number of nitrogens with one attached hydrogen (secondary N) is 4. The third kappa shape index (κ3) is 41.5. The number of hydrogen-bond donors (Lipinski definition) is 4. The van der Waals surface area contributed by atoms with E-state index in [1.807, 2.05) is 0 Å². The van der Waals surface area contributed by atoms with Crippen LogP contribution in [0.15, 0.2) is 127 Å². The Bertz CT molecular complexity index is 4470. The molecule has 0 radical (unpaired) electrons. The Morgan fingerprint density at radius 3 is 0.580 bits per heavy atom. The molecule has 5 heterocycles. The molecule has 8 bridgehead atoms. The largest absolute Gasteiger partial charge is 0.494 e. The van der Waals surface area contributed by atoms with Crippen molar-refractivity contribution >= 4 is 28.3 Å². The van der Waals surface area contributed by atoms with Crippen LogP contribution in [0.1, 0.15) is 466 Å². The lowest BCUT2D eigenvalue weighted by atomic mass is 10.0. The quantitative estimate of drug-likeness (QED) is 0.0215. The Balaban J connectivity index is 1.20. The lowest BCUT2D eigenvalue weighted by Crippen LogP contribution is -2.19. The van der Waals surface area contributed by atoms with Crippen molar-refractivity contribution < 1.29 is 42.7 Å². The minimum absolute atomic E-state index is 0.187. The summed E-state index contributed by atoms with van der Waals surface area (Å²) in [5, 5.41) is 3.78. The normalized spacial score (nSPS) is 12.1. The molecule has 0 amide bonds. The van der Waals surface area contributed by atoms with Crippen LogP contribution in [0.4, 0.5) is 0 Å². The summed E-state index contributed by atoms with van der Waals surface area (Å²) in [6.07, 6.45) is 70.5. The van der Waals surface area contributed by atoms with E-state index in [1.54, 1.807) is 0 Å². The summed E-state index contributed by atoms with van der Waals surface area (Å²) in [5.74, 6) is 5.51. The number of benzene rings is 4. The van der Waals surface area contributed by atoms with Crippen molar-refractivity contribution in [1.29, 1.82) is 0 Å². The van der Waals surface area contributed by atoms with Gasteiger partial charge in [0.2, 0.25) is 0 Å². The molecule has 4 N–H and O–H groups in total. The third-order valence-electron chi connectivity index (χ3n) is 26.3. The molecule has 0 saturated carbocycles. The second-order valence-electron chi connectivity index (χ2n) is 37.9. The zero-order valence-electron chi connectivity index (χ0n) is 83.5. The molecule has 0 spiro atoms. The topological polar surface area (TPSA) is 154 Å². The molecule has 8 aromatic rings. The Morgan fingerprint density at radius 2 is 0.374 bits per heavy atom. The van der Waals surface area contributed by atoms with Crippen LogP contribution in [0.3, 0.4) is 0 Å². The first-order chi connectivity index (χ1) is 64.7. The molecule has 4 aromatic carbocycles. The monoisotopic (exact) mass is 1800 g/mol. The molecule has 0 unspecified atom stereocenters. The maximum Gasteiger partial charge on any atom is 0.302 e. The Kier molecular flexibility index (Phi) is 54.2. The second-order valence-corrected chi connectivity index (χ2v) is 37.9. The zero-order chi connectivity index (χ0) is 91.9. The summed E-state index contributed by atoms with van der Waals surface area (Å²) >= 11 is 0. The molecule has 0 atom stereocenters. The molecule has 1 aliphatic rings. The SMILES string of the molecule is CCCCCCCCCCOc1cc(OCCCCCCCCCC)cc(C2=c3ccc([nH]3)=C(c3ccc(OCCCCCCCCCCCCOC(C)=O)cc3)c3ccc([nH]3)C(c3cc(OCCCCCCCCCC)cc(OCCCCCCCCCC)c3)=c3ccc([nH]3)=C(c3cc(OCCCCCCCCCC)cc(OCCCCCCCCCC)c3)c3ccc2[nH]3)c1. The van der Waals surface area contributed by atoms with Crippen LogP contribution in [-0.4, -0.2) is 78.8 Å². The molecule has 9 rings (SSSR count). The van der Waals surface area contributed by atoms with Crippen molar-refractivity contribution in [2.45, 2.75) is 421 Å². The van der Waals surface area contributed by atoms with Gasteiger partial charge in [0.05, 0.1) is 52.9 Å². The van der Waals surface area contributed by atoms with Gasteiger partial charge < -0.3 is 57.8 Å². The van der Waals surface area contributed by atoms with E-state index in [-0.39, 0.29) is 5.97 Å². The van der Waals surface area contributed by atoms with Crippen LogP contribution in [0, 0.1) is 0 Å². The average Bonchev–Trinajstić information content (AvgIpc) is 1.61. The van der Waals surface area contributed by atoms with Crippen molar-refractivity contribution in [2.75, 3.05) is 52.9 Å². The fraction of sp³-hybridized carbons (Fsp3) is 0.619. The lowest BCUT2D eigenvalue weighted by molar-refractivity contribution is -0.141. The highest BCUT2D eigenvalue weighted by Gasteiger charge is 2.23. The number of aromatic nitrogens is 4. The van der Waals surface area contributed by atoms with Gasteiger partial charge in [-0.05, 0) is 171 Å². The van der Waals surface area contributed by atoms with E-state index in [1.165, 1.54) is 277 Å². The number of rotatable bonds is 78. The van der Waals surface area contributed by atoms with E-state index < -0.39 is 0 Å². The molecule has 1 aliphatic heterocycles. The van der Waals surface area contributed by atoms with Crippen LogP contribution < -0.4 is 54.6 Å². The summed E-state index contributed by atoms with van der Waals surface area (Å²) in [7, 11) is 0. The van der Waals surface area contributed by atoms with E-state index in [9.17, 15) is 4.79 Å². The Morgan fingerprint density at radius 1 is 0.191 bits per heavy atom. The standard InChI is InChI=1S/C118H178N4O9/c1-8-14-20-26-32-42-52-60-80-126-101-86-97(87-102(92-101)127-81-61-53-43-33-27-21-15-9-2)116-109-72-70-107(119-109)115(96-66-68-100(69-67-96)125-79-59-51-49-41-39-38-40-48-50-58-78-124-95(7)123)108-71-73-110(120-108)117(98-88-103(128-82-62-54-44-34-28-22-16-10-3)93-104(89-98)129-83-63-55-45-35-29-23-17-11-4)112-75-77-114(122-112)118(113-76-74-111(116)121-113)99-90-105(130-84-64-56-46-36-30-24-18-12-5)94-106(91-99)131-85-65-57-47-37-31-25-19-13-6/h66-77,86-94,119-122H,8-65,78-85H2,1-7H3. The molecule has 131 heavy (non-hydrogen) atoms. The van der Waals surface area contributed by atoms with E-state index in [0.29, 0.717) is 52.9 Å². The maximum absolute atomic E-state index is 11.2. The number of carbonyl (C=O) groups excluding carboxylic acids is 1. The van der Waals surface area contributed by atoms with E-state index in [0.717, 1.165) is 232 Å². The second kappa shape index (κ2) is 66.9. The number of H-pyrrole nitrogens is 4. The smallest absolute Gasteiger partial charge is 0.302 e. The highest BCUT2D eigenvalue weighted by Crippen LogP contribution is 2.37. The predicted molar refractivity (Wildman–Crippen MR) is 551 cm³/mol. The van der Waals surface area contributed by atoms with E-state index in [2.05, 4.69) is 189 Å². The lowest BCUT2D eigenvalue weighted by Gasteiger charge is -2.15. The number of hydrogen-bond acceptors (Lipinski definition) is 9. The number of unbranched alkanes of at least 4 members (excludes halogenated alkanes) is 51. The van der Waals surface area contributed by atoms with Gasteiger partial charge in [-0.2, -0.15) is 0 Å². The molecule has 0 fully saturated rings. The molecular formula is C118H178N4O9. The Labute approximate surface area is 793 Å². The Hall–Kier alpha value is -8.45. The van der Waals surface area contributed by atoms with Gasteiger partial charge in [0.25, 0.3) is 0 Å². The molecule has 13 nitrogen and oxygen atoms in total. The number of aromatic amines is 4. The fourth-order valence-corrected chi connectivity index (χ4v) is 18.5. The minimum Gasteiger partial charge on any atom is -0.494 e. The van der Waals surface area contributed by atoms with Gasteiger partial charge in [0, 0.05) is 91.6 Å².